The number of hydrogen-bond acceptors (Lipinski definition) is 8. The molecule has 0 radical (unpaired) electrons. The average Bonchev–Trinajstić information content (AvgIpc) is 2.88. The second-order valence-corrected chi connectivity index (χ2v) is 6.79. The summed E-state index contributed by atoms with van der Waals surface area (Å²) in [5.41, 5.74) is 1.11. The standard InChI is InChI=1S/C14H20N6O5S/c1-6-9-8(2)12(20(3)18-9)26(22,23)19-14(21)17-13-15-10(24-4)7-11(16-13)25-5/h7H,6H2,1-5H3,(H2,15,16,17,19,21). The topological polar surface area (TPSA) is 137 Å². The van der Waals surface area contributed by atoms with Crippen LogP contribution in [0.4, 0.5) is 10.7 Å². The number of carbonyl (C=O) groups is 1. The number of anilines is 1. The zero-order chi connectivity index (χ0) is 19.5. The van der Waals surface area contributed by atoms with Crippen molar-refractivity contribution in [2.45, 2.75) is 25.3 Å². The predicted octanol–water partition coefficient (Wildman–Crippen LogP) is 0.609. The van der Waals surface area contributed by atoms with Crippen molar-refractivity contribution >= 4 is 22.0 Å². The molecular formula is C14H20N6O5S. The first-order chi connectivity index (χ1) is 12.2. The number of sulfonamides is 1. The highest BCUT2D eigenvalue weighted by atomic mass is 32.2. The third-order valence-corrected chi connectivity index (χ3v) is 4.99. The molecule has 26 heavy (non-hydrogen) atoms. The van der Waals surface area contributed by atoms with Gasteiger partial charge in [-0.15, -0.1) is 0 Å². The minimum absolute atomic E-state index is 0.0892. The summed E-state index contributed by atoms with van der Waals surface area (Å²) in [5, 5.41) is 6.29. The molecule has 0 saturated carbocycles. The molecule has 0 unspecified atom stereocenters. The lowest BCUT2D eigenvalue weighted by Crippen LogP contribution is -2.36. The first-order valence-electron chi connectivity index (χ1n) is 7.55. The van der Waals surface area contributed by atoms with Gasteiger partial charge in [0.15, 0.2) is 5.03 Å². The third kappa shape index (κ3) is 4.02. The van der Waals surface area contributed by atoms with Crippen LogP contribution < -0.4 is 19.5 Å². The highest BCUT2D eigenvalue weighted by molar-refractivity contribution is 7.90. The van der Waals surface area contributed by atoms with Crippen molar-refractivity contribution in [1.82, 2.24) is 24.5 Å². The number of nitrogens with zero attached hydrogens (tertiary/aromatic N) is 4. The van der Waals surface area contributed by atoms with E-state index in [0.717, 1.165) is 0 Å². The molecule has 0 aliphatic rings. The van der Waals surface area contributed by atoms with Crippen LogP contribution in [-0.4, -0.2) is 48.4 Å². The van der Waals surface area contributed by atoms with Crippen molar-refractivity contribution in [2.75, 3.05) is 19.5 Å². The number of nitrogens with one attached hydrogen (secondary N) is 2. The van der Waals surface area contributed by atoms with Crippen LogP contribution in [0.15, 0.2) is 11.1 Å². The molecule has 0 aromatic carbocycles. The lowest BCUT2D eigenvalue weighted by atomic mass is 10.2. The molecule has 0 spiro atoms. The first-order valence-corrected chi connectivity index (χ1v) is 9.03. The van der Waals surface area contributed by atoms with Gasteiger partial charge in [-0.3, -0.25) is 10.00 Å². The van der Waals surface area contributed by atoms with Gasteiger partial charge in [0.2, 0.25) is 17.7 Å². The average molecular weight is 384 g/mol. The van der Waals surface area contributed by atoms with Crippen LogP contribution in [0.1, 0.15) is 18.2 Å². The number of amides is 2. The number of aromatic nitrogens is 4. The SMILES string of the molecule is CCc1nn(C)c(S(=O)(=O)NC(=O)Nc2nc(OC)cc(OC)n2)c1C. The number of ether oxygens (including phenoxy) is 2. The lowest BCUT2D eigenvalue weighted by molar-refractivity contribution is 0.256. The normalized spacial score (nSPS) is 11.1. The number of aryl methyl sites for hydroxylation is 2. The highest BCUT2D eigenvalue weighted by Crippen LogP contribution is 2.19. The van der Waals surface area contributed by atoms with Crippen LogP contribution in [-0.2, 0) is 23.5 Å². The Morgan fingerprint density at radius 1 is 1.23 bits per heavy atom. The quantitative estimate of drug-likeness (QED) is 0.739. The van der Waals surface area contributed by atoms with Gasteiger partial charge < -0.3 is 9.47 Å². The molecule has 2 aromatic heterocycles. The third-order valence-electron chi connectivity index (χ3n) is 3.46. The van der Waals surface area contributed by atoms with Crippen molar-refractivity contribution in [2.24, 2.45) is 7.05 Å². The van der Waals surface area contributed by atoms with Crippen LogP contribution in [0.5, 0.6) is 11.8 Å². The Morgan fingerprint density at radius 3 is 2.27 bits per heavy atom. The molecule has 0 bridgehead atoms. The summed E-state index contributed by atoms with van der Waals surface area (Å²) in [6.07, 6.45) is 0.568. The smallest absolute Gasteiger partial charge is 0.335 e. The molecule has 2 N–H and O–H groups in total. The minimum atomic E-state index is -4.14. The van der Waals surface area contributed by atoms with Crippen molar-refractivity contribution < 1.29 is 22.7 Å². The van der Waals surface area contributed by atoms with Crippen LogP contribution >= 0.6 is 0 Å². The Bertz CT molecular complexity index is 902. The molecular weight excluding hydrogens is 364 g/mol. The summed E-state index contributed by atoms with van der Waals surface area (Å²) < 4.78 is 38.1. The zero-order valence-electron chi connectivity index (χ0n) is 15.0. The number of urea groups is 1. The molecule has 2 aromatic rings. The van der Waals surface area contributed by atoms with Gasteiger partial charge in [0.05, 0.1) is 26.0 Å². The second kappa shape index (κ2) is 7.56. The van der Waals surface area contributed by atoms with E-state index in [1.54, 1.807) is 6.92 Å². The van der Waals surface area contributed by atoms with Gasteiger partial charge in [-0.25, -0.2) is 9.52 Å². The Labute approximate surface area is 150 Å². The van der Waals surface area contributed by atoms with Crippen molar-refractivity contribution in [3.8, 4) is 11.8 Å². The van der Waals surface area contributed by atoms with Crippen molar-refractivity contribution in [3.63, 3.8) is 0 Å². The first kappa shape index (κ1) is 19.4. The summed E-state index contributed by atoms with van der Waals surface area (Å²) in [6.45, 7) is 3.49. The maximum atomic E-state index is 12.5. The molecule has 11 nitrogen and oxygen atoms in total. The number of carbonyl (C=O) groups excluding carboxylic acids is 1. The Morgan fingerprint density at radius 2 is 1.81 bits per heavy atom. The van der Waals surface area contributed by atoms with E-state index in [1.165, 1.54) is 32.0 Å². The molecule has 2 heterocycles. The fourth-order valence-corrected chi connectivity index (χ4v) is 3.65. The molecule has 0 atom stereocenters. The summed E-state index contributed by atoms with van der Waals surface area (Å²) in [4.78, 5) is 19.9. The van der Waals surface area contributed by atoms with Gasteiger partial charge in [0, 0.05) is 12.6 Å². The molecule has 142 valence electrons. The minimum Gasteiger partial charge on any atom is -0.481 e. The van der Waals surface area contributed by atoms with E-state index in [4.69, 9.17) is 9.47 Å². The van der Waals surface area contributed by atoms with Crippen molar-refractivity contribution in [1.29, 1.82) is 0 Å². The Hall–Kier alpha value is -2.89. The fraction of sp³-hybridized carbons (Fsp3) is 0.429. The molecule has 0 aliphatic heterocycles. The van der Waals surface area contributed by atoms with E-state index in [0.29, 0.717) is 17.7 Å². The number of methoxy groups -OCH3 is 2. The van der Waals surface area contributed by atoms with Crippen LogP contribution in [0, 0.1) is 6.92 Å². The van der Waals surface area contributed by atoms with E-state index >= 15 is 0 Å². The van der Waals surface area contributed by atoms with Crippen LogP contribution in [0.3, 0.4) is 0 Å². The van der Waals surface area contributed by atoms with E-state index in [-0.39, 0.29) is 22.7 Å². The maximum Gasteiger partial charge on any atom is 0.335 e. The molecule has 12 heteroatoms. The second-order valence-electron chi connectivity index (χ2n) is 5.19. The zero-order valence-corrected chi connectivity index (χ0v) is 15.8. The lowest BCUT2D eigenvalue weighted by Gasteiger charge is -2.10. The summed E-state index contributed by atoms with van der Waals surface area (Å²) >= 11 is 0. The number of rotatable bonds is 6. The summed E-state index contributed by atoms with van der Waals surface area (Å²) in [7, 11) is 0.117. The van der Waals surface area contributed by atoms with Crippen LogP contribution in [0.2, 0.25) is 0 Å². The molecule has 0 aliphatic carbocycles. The van der Waals surface area contributed by atoms with E-state index in [1.807, 2.05) is 11.6 Å². The maximum absolute atomic E-state index is 12.5. The Kier molecular flexibility index (Phi) is 5.65. The van der Waals surface area contributed by atoms with E-state index in [2.05, 4.69) is 20.4 Å². The predicted molar refractivity (Wildman–Crippen MR) is 91.8 cm³/mol. The van der Waals surface area contributed by atoms with Gasteiger partial charge in [0.25, 0.3) is 10.0 Å². The van der Waals surface area contributed by atoms with Gasteiger partial charge in [-0.1, -0.05) is 6.92 Å². The molecule has 2 rings (SSSR count). The molecule has 0 fully saturated rings. The largest absolute Gasteiger partial charge is 0.481 e. The van der Waals surface area contributed by atoms with Gasteiger partial charge in [0.1, 0.15) is 0 Å². The fourth-order valence-electron chi connectivity index (χ4n) is 2.35. The summed E-state index contributed by atoms with van der Waals surface area (Å²) in [5.74, 6) is 0.111. The molecule has 0 saturated heterocycles. The molecule has 2 amide bonds. The monoisotopic (exact) mass is 384 g/mol. The number of hydrogen-bond donors (Lipinski definition) is 2. The van der Waals surface area contributed by atoms with Gasteiger partial charge in [-0.2, -0.15) is 23.5 Å². The van der Waals surface area contributed by atoms with Gasteiger partial charge >= 0.3 is 6.03 Å². The van der Waals surface area contributed by atoms with Crippen LogP contribution in [0.25, 0.3) is 0 Å². The highest BCUT2D eigenvalue weighted by Gasteiger charge is 2.26. The summed E-state index contributed by atoms with van der Waals surface area (Å²) in [6, 6.07) is 0.379. The Balaban J connectivity index is 2.23. The van der Waals surface area contributed by atoms with Crippen molar-refractivity contribution in [3.05, 3.63) is 17.3 Å². The van der Waals surface area contributed by atoms with E-state index < -0.39 is 16.1 Å². The van der Waals surface area contributed by atoms with E-state index in [9.17, 15) is 13.2 Å². The van der Waals surface area contributed by atoms with Gasteiger partial charge in [-0.05, 0) is 13.3 Å².